The minimum Gasteiger partial charge on any atom is -0.490 e. The number of hydrogen-bond donors (Lipinski definition) is 0. The molecule has 4 nitrogen and oxygen atoms in total. The lowest BCUT2D eigenvalue weighted by Gasteiger charge is -2.35. The number of ether oxygens (including phenoxy) is 4. The van der Waals surface area contributed by atoms with Crippen molar-refractivity contribution in [3.05, 3.63) is 311 Å². The van der Waals surface area contributed by atoms with E-state index in [4.69, 9.17) is 18.9 Å². The Labute approximate surface area is 473 Å². The highest BCUT2D eigenvalue weighted by Gasteiger charge is 2.47. The largest absolute Gasteiger partial charge is 0.490 e. The molecule has 0 amide bonds. The summed E-state index contributed by atoms with van der Waals surface area (Å²) in [6.45, 7) is 2.58. The monoisotopic (exact) mass is 1050 g/mol. The average molecular weight is 1050 g/mol. The Balaban J connectivity index is 0.953. The van der Waals surface area contributed by atoms with Gasteiger partial charge in [-0.2, -0.15) is 0 Å². The third-order valence-electron chi connectivity index (χ3n) is 16.8. The highest BCUT2D eigenvalue weighted by atomic mass is 16.6. The summed E-state index contributed by atoms with van der Waals surface area (Å²) >= 11 is 0. The van der Waals surface area contributed by atoms with Crippen molar-refractivity contribution < 1.29 is 18.9 Å². The second-order valence-electron chi connectivity index (χ2n) is 22.1. The highest BCUT2D eigenvalue weighted by Crippen LogP contribution is 2.58. The van der Waals surface area contributed by atoms with Crippen molar-refractivity contribution in [2.75, 3.05) is 26.4 Å². The van der Waals surface area contributed by atoms with Crippen molar-refractivity contribution in [2.24, 2.45) is 0 Å². The van der Waals surface area contributed by atoms with E-state index in [9.17, 15) is 0 Å². The van der Waals surface area contributed by atoms with Gasteiger partial charge in [0.05, 0.1) is 18.6 Å². The first kappa shape index (κ1) is 48.8. The molecule has 15 rings (SSSR count). The molecule has 2 atom stereocenters. The SMILES string of the molecule is c1ccc(Cc2cc(-c3cccc(C4(c5cccc(-c6ccc(OCC7CO7)c(Cc7ccccc7)c6)c5)c5cc(-c6ccc7ccccc7c6)ccc5-c5ccc(-c6ccc7ccccc7c6)cc54)c3)ccc2OCC2CO2)cc1. The van der Waals surface area contributed by atoms with E-state index < -0.39 is 5.41 Å². The molecule has 2 fully saturated rings. The van der Waals surface area contributed by atoms with Gasteiger partial charge in [-0.1, -0.05) is 206 Å². The number of epoxide rings is 2. The molecular weight excluding hydrogens is 989 g/mol. The van der Waals surface area contributed by atoms with Gasteiger partial charge in [0.1, 0.15) is 36.9 Å². The molecule has 1 aliphatic carbocycles. The summed E-state index contributed by atoms with van der Waals surface area (Å²) in [4.78, 5) is 0. The van der Waals surface area contributed by atoms with Gasteiger partial charge in [-0.15, -0.1) is 0 Å². The molecule has 0 spiro atoms. The Bertz CT molecular complexity index is 4050. The van der Waals surface area contributed by atoms with Crippen LogP contribution >= 0.6 is 0 Å². The zero-order chi connectivity index (χ0) is 53.7. The molecule has 12 aromatic carbocycles. The van der Waals surface area contributed by atoms with Crippen LogP contribution in [0.1, 0.15) is 44.5 Å². The zero-order valence-electron chi connectivity index (χ0n) is 44.9. The van der Waals surface area contributed by atoms with Crippen molar-refractivity contribution in [3.8, 4) is 67.1 Å². The lowest BCUT2D eigenvalue weighted by Crippen LogP contribution is -2.29. The molecule has 12 aromatic rings. The van der Waals surface area contributed by atoms with E-state index in [0.717, 1.165) is 70.9 Å². The Morgan fingerprint density at radius 3 is 1.14 bits per heavy atom. The first-order valence-electron chi connectivity index (χ1n) is 28.4. The van der Waals surface area contributed by atoms with Crippen LogP contribution in [0.2, 0.25) is 0 Å². The van der Waals surface area contributed by atoms with Gasteiger partial charge in [0, 0.05) is 12.8 Å². The van der Waals surface area contributed by atoms with Crippen LogP contribution in [0, 0.1) is 0 Å². The maximum absolute atomic E-state index is 6.50. The predicted octanol–water partition coefficient (Wildman–Crippen LogP) is 17.8. The summed E-state index contributed by atoms with van der Waals surface area (Å²) in [5, 5.41) is 4.90. The third-order valence-corrected chi connectivity index (χ3v) is 16.8. The van der Waals surface area contributed by atoms with Crippen LogP contribution < -0.4 is 9.47 Å². The Kier molecular flexibility index (Phi) is 12.5. The van der Waals surface area contributed by atoms with E-state index in [1.165, 1.54) is 88.3 Å². The zero-order valence-corrected chi connectivity index (χ0v) is 44.9. The summed E-state index contributed by atoms with van der Waals surface area (Å²) < 4.78 is 24.2. The van der Waals surface area contributed by atoms with E-state index in [0.29, 0.717) is 13.2 Å². The van der Waals surface area contributed by atoms with Crippen LogP contribution in [0.25, 0.3) is 77.2 Å². The molecule has 0 bridgehead atoms. The summed E-state index contributed by atoms with van der Waals surface area (Å²) in [7, 11) is 0. The van der Waals surface area contributed by atoms with Gasteiger partial charge in [-0.3, -0.25) is 0 Å². The molecule has 390 valence electrons. The Morgan fingerprint density at radius 2 is 0.691 bits per heavy atom. The molecule has 0 radical (unpaired) electrons. The molecular formula is C77H58O4. The van der Waals surface area contributed by atoms with Gasteiger partial charge in [0.2, 0.25) is 0 Å². The van der Waals surface area contributed by atoms with E-state index in [-0.39, 0.29) is 12.2 Å². The second kappa shape index (κ2) is 20.7. The van der Waals surface area contributed by atoms with E-state index in [1.807, 2.05) is 0 Å². The molecule has 4 heteroatoms. The van der Waals surface area contributed by atoms with Crippen LogP contribution in [-0.4, -0.2) is 38.6 Å². The molecule has 2 aliphatic heterocycles. The first-order chi connectivity index (χ1) is 40.1. The second-order valence-corrected chi connectivity index (χ2v) is 22.1. The fraction of sp³-hybridized carbons (Fsp3) is 0.117. The third kappa shape index (κ3) is 9.57. The summed E-state index contributed by atoms with van der Waals surface area (Å²) in [6.07, 6.45) is 1.80. The minimum absolute atomic E-state index is 0.151. The van der Waals surface area contributed by atoms with Gasteiger partial charge >= 0.3 is 0 Å². The average Bonchev–Trinajstić information content (AvgIpc) is 4.14. The first-order valence-corrected chi connectivity index (χ1v) is 28.4. The Hall–Kier alpha value is -9.32. The predicted molar refractivity (Wildman–Crippen MR) is 329 cm³/mol. The van der Waals surface area contributed by atoms with Crippen LogP contribution in [0.3, 0.4) is 0 Å². The quantitative estimate of drug-likeness (QED) is 0.0905. The van der Waals surface area contributed by atoms with Crippen LogP contribution in [0.4, 0.5) is 0 Å². The Morgan fingerprint density at radius 1 is 0.321 bits per heavy atom. The number of benzene rings is 12. The van der Waals surface area contributed by atoms with Crippen molar-refractivity contribution in [1.82, 2.24) is 0 Å². The summed E-state index contributed by atoms with van der Waals surface area (Å²) in [5.74, 6) is 1.79. The van der Waals surface area contributed by atoms with Crippen molar-refractivity contribution >= 4 is 21.5 Å². The number of hydrogen-bond acceptors (Lipinski definition) is 4. The molecule has 0 aromatic heterocycles. The van der Waals surface area contributed by atoms with Crippen molar-refractivity contribution in [1.29, 1.82) is 0 Å². The fourth-order valence-corrected chi connectivity index (χ4v) is 12.5. The lowest BCUT2D eigenvalue weighted by molar-refractivity contribution is 0.261. The van der Waals surface area contributed by atoms with Gasteiger partial charge < -0.3 is 18.9 Å². The molecule has 2 heterocycles. The van der Waals surface area contributed by atoms with Gasteiger partial charge in [0.25, 0.3) is 0 Å². The fourth-order valence-electron chi connectivity index (χ4n) is 12.5. The number of rotatable bonds is 16. The lowest BCUT2D eigenvalue weighted by atomic mass is 9.66. The molecule has 0 saturated carbocycles. The van der Waals surface area contributed by atoms with Gasteiger partial charge in [0.15, 0.2) is 0 Å². The van der Waals surface area contributed by atoms with Crippen molar-refractivity contribution in [3.63, 3.8) is 0 Å². The number of fused-ring (bicyclic) bond motifs is 5. The molecule has 0 N–H and O–H groups in total. The highest BCUT2D eigenvalue weighted by molar-refractivity contribution is 5.94. The van der Waals surface area contributed by atoms with Crippen LogP contribution in [-0.2, 0) is 27.7 Å². The summed E-state index contributed by atoms with van der Waals surface area (Å²) in [5.41, 5.74) is 20.6. The molecule has 2 unspecified atom stereocenters. The maximum atomic E-state index is 6.50. The van der Waals surface area contributed by atoms with Crippen LogP contribution in [0.15, 0.2) is 267 Å². The van der Waals surface area contributed by atoms with Gasteiger partial charge in [-0.25, -0.2) is 0 Å². The molecule has 2 saturated heterocycles. The van der Waals surface area contributed by atoms with Gasteiger partial charge in [-0.05, 0) is 182 Å². The van der Waals surface area contributed by atoms with E-state index >= 15 is 0 Å². The van der Waals surface area contributed by atoms with Crippen LogP contribution in [0.5, 0.6) is 11.5 Å². The van der Waals surface area contributed by atoms with E-state index in [2.05, 4.69) is 267 Å². The minimum atomic E-state index is -0.781. The normalized spacial score (nSPS) is 15.5. The van der Waals surface area contributed by atoms with Crippen molar-refractivity contribution in [2.45, 2.75) is 30.5 Å². The molecule has 81 heavy (non-hydrogen) atoms. The van der Waals surface area contributed by atoms with E-state index in [1.54, 1.807) is 0 Å². The smallest absolute Gasteiger partial charge is 0.123 e. The maximum Gasteiger partial charge on any atom is 0.123 e. The standard InChI is InChI=1S/C77H58O4/c1-3-13-51(14-4-1)37-65-41-61(31-35-75(65)80-49-69-47-78-69)57-21-11-23-67(43-57)77(68-24-12-22-58(44-68)62-32-36-76(81-50-70-48-79-70)66(42-62)38-52-15-5-2-6-16-52)73-45-63(59-27-25-53-17-7-9-19-55(53)39-59)29-33-71(73)72-34-30-64(46-74(72)77)60-28-26-54-18-8-10-20-56(54)40-60/h1-36,39-46,69-70H,37-38,47-50H2. The topological polar surface area (TPSA) is 43.5 Å². The summed E-state index contributed by atoms with van der Waals surface area (Å²) in [6, 6.07) is 99.1. The molecule has 3 aliphatic rings.